The van der Waals surface area contributed by atoms with Crippen LogP contribution in [0.15, 0.2) is 18.2 Å². The van der Waals surface area contributed by atoms with Crippen molar-refractivity contribution >= 4 is 5.69 Å². The van der Waals surface area contributed by atoms with Gasteiger partial charge in [0.2, 0.25) is 0 Å². The number of benzene rings is 1. The fourth-order valence-corrected chi connectivity index (χ4v) is 1.35. The van der Waals surface area contributed by atoms with Gasteiger partial charge in [-0.15, -0.1) is 5.92 Å². The molecule has 5 nitrogen and oxygen atoms in total. The van der Waals surface area contributed by atoms with Gasteiger partial charge in [0, 0.05) is 12.6 Å². The summed E-state index contributed by atoms with van der Waals surface area (Å²) < 4.78 is 4.92. The van der Waals surface area contributed by atoms with Gasteiger partial charge in [-0.05, 0) is 18.6 Å². The molecular weight excluding hydrogens is 220 g/mol. The van der Waals surface area contributed by atoms with Crippen molar-refractivity contribution in [3.8, 4) is 17.6 Å². The molecule has 0 spiro atoms. The summed E-state index contributed by atoms with van der Waals surface area (Å²) in [7, 11) is 1.41. The predicted molar refractivity (Wildman–Crippen MR) is 64.8 cm³/mol. The lowest BCUT2D eigenvalue weighted by molar-refractivity contribution is -0.385. The van der Waals surface area contributed by atoms with Crippen LogP contribution in [0.1, 0.15) is 12.5 Å². The highest BCUT2D eigenvalue weighted by Gasteiger charge is 2.14. The molecule has 1 N–H and O–H groups in total. The maximum atomic E-state index is 10.8. The molecule has 0 bridgehead atoms. The van der Waals surface area contributed by atoms with Crippen LogP contribution in [0.2, 0.25) is 0 Å². The molecule has 0 amide bonds. The molecule has 1 rings (SSSR count). The zero-order valence-electron chi connectivity index (χ0n) is 9.82. The summed E-state index contributed by atoms with van der Waals surface area (Å²) in [6.45, 7) is 2.87. The molecule has 0 atom stereocenters. The first-order valence-electron chi connectivity index (χ1n) is 5.10. The summed E-state index contributed by atoms with van der Waals surface area (Å²) in [4.78, 5) is 10.3. The number of hydrogen-bond acceptors (Lipinski definition) is 4. The third-order valence-electron chi connectivity index (χ3n) is 2.16. The third kappa shape index (κ3) is 3.78. The molecule has 0 aliphatic rings. The van der Waals surface area contributed by atoms with Crippen LogP contribution in [-0.4, -0.2) is 18.6 Å². The average molecular weight is 234 g/mol. The van der Waals surface area contributed by atoms with Crippen LogP contribution >= 0.6 is 0 Å². The molecule has 0 saturated heterocycles. The zero-order valence-corrected chi connectivity index (χ0v) is 9.82. The van der Waals surface area contributed by atoms with Crippen LogP contribution in [0.4, 0.5) is 5.69 Å². The van der Waals surface area contributed by atoms with Crippen molar-refractivity contribution in [1.29, 1.82) is 0 Å². The molecular formula is C12H14N2O3. The molecule has 0 heterocycles. The Morgan fingerprint density at radius 2 is 2.29 bits per heavy atom. The first kappa shape index (κ1) is 13.0. The van der Waals surface area contributed by atoms with E-state index in [1.807, 2.05) is 0 Å². The Bertz CT molecular complexity index is 461. The van der Waals surface area contributed by atoms with Gasteiger partial charge < -0.3 is 10.1 Å². The number of rotatable bonds is 5. The Kier molecular flexibility index (Phi) is 4.98. The lowest BCUT2D eigenvalue weighted by atomic mass is 10.2. The van der Waals surface area contributed by atoms with Crippen molar-refractivity contribution < 1.29 is 9.66 Å². The van der Waals surface area contributed by atoms with E-state index in [-0.39, 0.29) is 11.4 Å². The first-order chi connectivity index (χ1) is 8.19. The lowest BCUT2D eigenvalue weighted by Gasteiger charge is -2.05. The maximum absolute atomic E-state index is 10.8. The third-order valence-corrected chi connectivity index (χ3v) is 2.16. The summed E-state index contributed by atoms with van der Waals surface area (Å²) in [5.74, 6) is 5.89. The average Bonchev–Trinajstić information content (AvgIpc) is 2.34. The number of nitro groups is 1. The van der Waals surface area contributed by atoms with Gasteiger partial charge in [-0.2, -0.15) is 0 Å². The van der Waals surface area contributed by atoms with Crippen molar-refractivity contribution in [2.45, 2.75) is 13.5 Å². The number of nitrogens with zero attached hydrogens (tertiary/aromatic N) is 1. The number of hydrogen-bond donors (Lipinski definition) is 1. The van der Waals surface area contributed by atoms with Crippen LogP contribution in [-0.2, 0) is 6.54 Å². The van der Waals surface area contributed by atoms with Crippen LogP contribution in [0.25, 0.3) is 0 Å². The second-order valence-corrected chi connectivity index (χ2v) is 3.29. The molecule has 1 aromatic rings. The second-order valence-electron chi connectivity index (χ2n) is 3.29. The van der Waals surface area contributed by atoms with E-state index in [1.165, 1.54) is 13.2 Å². The molecule has 0 unspecified atom stereocenters. The standard InChI is InChI=1S/C12H14N2O3/c1-3-4-7-13-9-10-5-6-12(17-2)11(8-10)14(15)16/h5-6,8,13H,7,9H2,1-2H3. The molecule has 0 fully saturated rings. The van der Waals surface area contributed by atoms with Crippen LogP contribution < -0.4 is 10.1 Å². The highest BCUT2D eigenvalue weighted by molar-refractivity contribution is 5.48. The molecule has 90 valence electrons. The van der Waals surface area contributed by atoms with Gasteiger partial charge in [-0.3, -0.25) is 10.1 Å². The maximum Gasteiger partial charge on any atom is 0.311 e. The fourth-order valence-electron chi connectivity index (χ4n) is 1.35. The number of ether oxygens (including phenoxy) is 1. The van der Waals surface area contributed by atoms with E-state index in [1.54, 1.807) is 19.1 Å². The minimum atomic E-state index is -0.450. The van der Waals surface area contributed by atoms with Gasteiger partial charge in [0.25, 0.3) is 0 Å². The summed E-state index contributed by atoms with van der Waals surface area (Å²) in [5, 5.41) is 13.9. The minimum Gasteiger partial charge on any atom is -0.490 e. The molecule has 0 saturated carbocycles. The normalized spacial score (nSPS) is 9.29. The van der Waals surface area contributed by atoms with E-state index >= 15 is 0 Å². The highest BCUT2D eigenvalue weighted by atomic mass is 16.6. The summed E-state index contributed by atoms with van der Waals surface area (Å²) in [6, 6.07) is 4.89. The number of methoxy groups -OCH3 is 1. The molecule has 0 aromatic heterocycles. The minimum absolute atomic E-state index is 0.0200. The lowest BCUT2D eigenvalue weighted by Crippen LogP contribution is -2.13. The van der Waals surface area contributed by atoms with Gasteiger partial charge in [0.15, 0.2) is 5.75 Å². The van der Waals surface area contributed by atoms with E-state index in [0.717, 1.165) is 5.56 Å². The van der Waals surface area contributed by atoms with Crippen molar-refractivity contribution in [1.82, 2.24) is 5.32 Å². The summed E-state index contributed by atoms with van der Waals surface area (Å²) in [5.41, 5.74) is 0.809. The van der Waals surface area contributed by atoms with Gasteiger partial charge >= 0.3 is 5.69 Å². The van der Waals surface area contributed by atoms with Crippen molar-refractivity contribution in [3.05, 3.63) is 33.9 Å². The van der Waals surface area contributed by atoms with Gasteiger partial charge in [0.05, 0.1) is 18.6 Å². The largest absolute Gasteiger partial charge is 0.490 e. The van der Waals surface area contributed by atoms with Crippen LogP contribution in [0.3, 0.4) is 0 Å². The zero-order chi connectivity index (χ0) is 12.7. The van der Waals surface area contributed by atoms with E-state index in [9.17, 15) is 10.1 Å². The van der Waals surface area contributed by atoms with E-state index < -0.39 is 4.92 Å². The Morgan fingerprint density at radius 3 is 2.88 bits per heavy atom. The van der Waals surface area contributed by atoms with Gasteiger partial charge in [-0.25, -0.2) is 0 Å². The molecule has 0 radical (unpaired) electrons. The summed E-state index contributed by atoms with van der Waals surface area (Å²) >= 11 is 0. The Labute approximate surface area is 99.9 Å². The fraction of sp³-hybridized carbons (Fsp3) is 0.333. The number of nitro benzene ring substituents is 1. The summed E-state index contributed by atoms with van der Waals surface area (Å²) in [6.07, 6.45) is 0. The highest BCUT2D eigenvalue weighted by Crippen LogP contribution is 2.27. The Morgan fingerprint density at radius 1 is 1.53 bits per heavy atom. The van der Waals surface area contributed by atoms with Crippen LogP contribution in [0, 0.1) is 22.0 Å². The number of nitrogens with one attached hydrogen (secondary N) is 1. The SMILES string of the molecule is CC#CCNCc1ccc(OC)c([N+](=O)[O-])c1. The van der Waals surface area contributed by atoms with Crippen molar-refractivity contribution in [3.63, 3.8) is 0 Å². The molecule has 5 heteroatoms. The van der Waals surface area contributed by atoms with E-state index in [4.69, 9.17) is 4.74 Å². The van der Waals surface area contributed by atoms with Crippen LogP contribution in [0.5, 0.6) is 5.75 Å². The molecule has 0 aliphatic heterocycles. The van der Waals surface area contributed by atoms with Crippen molar-refractivity contribution in [2.24, 2.45) is 0 Å². The topological polar surface area (TPSA) is 64.4 Å². The molecule has 17 heavy (non-hydrogen) atoms. The van der Waals surface area contributed by atoms with E-state index in [2.05, 4.69) is 17.2 Å². The smallest absolute Gasteiger partial charge is 0.311 e. The predicted octanol–water partition coefficient (Wildman–Crippen LogP) is 1.72. The second kappa shape index (κ2) is 6.51. The van der Waals surface area contributed by atoms with Crippen molar-refractivity contribution in [2.75, 3.05) is 13.7 Å². The molecule has 1 aromatic carbocycles. The van der Waals surface area contributed by atoms with Gasteiger partial charge in [-0.1, -0.05) is 12.0 Å². The van der Waals surface area contributed by atoms with E-state index in [0.29, 0.717) is 13.1 Å². The van der Waals surface area contributed by atoms with Gasteiger partial charge in [0.1, 0.15) is 0 Å². The quantitative estimate of drug-likeness (QED) is 0.364. The Balaban J connectivity index is 2.76. The first-order valence-corrected chi connectivity index (χ1v) is 5.10. The monoisotopic (exact) mass is 234 g/mol. The Hall–Kier alpha value is -2.06. The molecule has 0 aliphatic carbocycles.